The molecule has 25 heavy (non-hydrogen) atoms. The van der Waals surface area contributed by atoms with E-state index in [9.17, 15) is 9.59 Å². The van der Waals surface area contributed by atoms with Crippen LogP contribution in [0.25, 0.3) is 0 Å². The van der Waals surface area contributed by atoms with Crippen LogP contribution in [0.5, 0.6) is 0 Å². The maximum absolute atomic E-state index is 12.7. The van der Waals surface area contributed by atoms with Crippen molar-refractivity contribution < 1.29 is 14.3 Å². The van der Waals surface area contributed by atoms with E-state index in [1.54, 1.807) is 12.1 Å². The molecule has 0 saturated heterocycles. The Kier molecular flexibility index (Phi) is 4.74. The number of hydrogen-bond acceptors (Lipinski definition) is 4. The van der Waals surface area contributed by atoms with Gasteiger partial charge in [0.1, 0.15) is 0 Å². The van der Waals surface area contributed by atoms with E-state index >= 15 is 0 Å². The zero-order valence-corrected chi connectivity index (χ0v) is 14.7. The predicted octanol–water partition coefficient (Wildman–Crippen LogP) is 3.17. The second-order valence-electron chi connectivity index (χ2n) is 6.32. The number of nitrogens with one attached hydrogen (secondary N) is 1. The topological polar surface area (TPSA) is 58.6 Å². The van der Waals surface area contributed by atoms with Crippen LogP contribution < -0.4 is 10.2 Å². The molecule has 130 valence electrons. The molecule has 5 heteroatoms. The first-order chi connectivity index (χ1) is 12.0. The van der Waals surface area contributed by atoms with Crippen LogP contribution >= 0.6 is 0 Å². The molecule has 0 unspecified atom stereocenters. The third-order valence-electron chi connectivity index (χ3n) is 4.56. The van der Waals surface area contributed by atoms with Crippen LogP contribution in [0.1, 0.15) is 28.4 Å². The quantitative estimate of drug-likeness (QED) is 0.870. The molecule has 0 fully saturated rings. The summed E-state index contributed by atoms with van der Waals surface area (Å²) in [5.41, 5.74) is 4.38. The third-order valence-corrected chi connectivity index (χ3v) is 4.56. The zero-order chi connectivity index (χ0) is 18.0. The molecule has 2 aromatic carbocycles. The molecular formula is C20H22N2O3. The average molecular weight is 338 g/mol. The number of carbonyl (C=O) groups is 2. The number of carbonyl (C=O) groups excluding carboxylic acids is 2. The molecule has 0 bridgehead atoms. The Morgan fingerprint density at radius 1 is 1.24 bits per heavy atom. The van der Waals surface area contributed by atoms with Gasteiger partial charge in [-0.1, -0.05) is 24.3 Å². The molecular weight excluding hydrogens is 316 g/mol. The first-order valence-corrected chi connectivity index (χ1v) is 8.34. The van der Waals surface area contributed by atoms with Gasteiger partial charge in [-0.15, -0.1) is 0 Å². The maximum Gasteiger partial charge on any atom is 0.337 e. The number of fused-ring (bicyclic) bond motifs is 1. The number of hydrogen-bond donors (Lipinski definition) is 1. The molecule has 1 heterocycles. The van der Waals surface area contributed by atoms with Crippen molar-refractivity contribution in [1.29, 1.82) is 0 Å². The van der Waals surface area contributed by atoms with Crippen molar-refractivity contribution in [2.75, 3.05) is 23.9 Å². The van der Waals surface area contributed by atoms with E-state index in [2.05, 4.69) is 18.3 Å². The van der Waals surface area contributed by atoms with Crippen molar-refractivity contribution in [3.05, 3.63) is 59.2 Å². The van der Waals surface area contributed by atoms with Crippen LogP contribution in [0, 0.1) is 6.92 Å². The van der Waals surface area contributed by atoms with Crippen LogP contribution in [0.4, 0.5) is 11.4 Å². The lowest BCUT2D eigenvalue weighted by atomic mass is 10.1. The Hall–Kier alpha value is -2.82. The fraction of sp³-hybridized carbons (Fsp3) is 0.300. The van der Waals surface area contributed by atoms with Gasteiger partial charge in [0.2, 0.25) is 5.91 Å². The molecule has 0 spiro atoms. The summed E-state index contributed by atoms with van der Waals surface area (Å²) in [6.07, 6.45) is 0.874. The number of benzene rings is 2. The van der Waals surface area contributed by atoms with Gasteiger partial charge in [0.05, 0.1) is 19.2 Å². The summed E-state index contributed by atoms with van der Waals surface area (Å²) < 4.78 is 4.75. The smallest absolute Gasteiger partial charge is 0.337 e. The van der Waals surface area contributed by atoms with Crippen LogP contribution in [-0.4, -0.2) is 31.6 Å². The highest BCUT2D eigenvalue weighted by Gasteiger charge is 2.30. The largest absolute Gasteiger partial charge is 0.465 e. The van der Waals surface area contributed by atoms with Crippen LogP contribution in [0.15, 0.2) is 42.5 Å². The van der Waals surface area contributed by atoms with Crippen molar-refractivity contribution in [2.24, 2.45) is 0 Å². The minimum atomic E-state index is -0.392. The van der Waals surface area contributed by atoms with Crippen molar-refractivity contribution in [3.8, 4) is 0 Å². The molecule has 1 atom stereocenters. The minimum absolute atomic E-state index is 0.0142. The molecule has 0 saturated carbocycles. The van der Waals surface area contributed by atoms with E-state index in [0.29, 0.717) is 5.56 Å². The Morgan fingerprint density at radius 2 is 2.00 bits per heavy atom. The van der Waals surface area contributed by atoms with E-state index in [4.69, 9.17) is 4.74 Å². The molecule has 5 nitrogen and oxygen atoms in total. The summed E-state index contributed by atoms with van der Waals surface area (Å²) in [4.78, 5) is 26.3. The van der Waals surface area contributed by atoms with Crippen molar-refractivity contribution in [1.82, 2.24) is 0 Å². The van der Waals surface area contributed by atoms with Gasteiger partial charge in [0, 0.05) is 17.4 Å². The number of ether oxygens (including phenoxy) is 1. The van der Waals surface area contributed by atoms with Gasteiger partial charge in [0.25, 0.3) is 0 Å². The second-order valence-corrected chi connectivity index (χ2v) is 6.32. The SMILES string of the molecule is COC(=O)c1ccc(C)c(NCC(=O)N2c3ccccc3C[C@H]2C)c1. The van der Waals surface area contributed by atoms with Crippen LogP contribution in [-0.2, 0) is 16.0 Å². The maximum atomic E-state index is 12.7. The summed E-state index contributed by atoms with van der Waals surface area (Å²) in [6, 6.07) is 13.4. The number of nitrogens with zero attached hydrogens (tertiary/aromatic N) is 1. The molecule has 0 aliphatic carbocycles. The van der Waals surface area contributed by atoms with E-state index in [1.165, 1.54) is 12.7 Å². The fourth-order valence-corrected chi connectivity index (χ4v) is 3.26. The Balaban J connectivity index is 1.74. The van der Waals surface area contributed by atoms with Crippen molar-refractivity contribution in [3.63, 3.8) is 0 Å². The summed E-state index contributed by atoms with van der Waals surface area (Å²) in [7, 11) is 1.35. The van der Waals surface area contributed by atoms with Gasteiger partial charge in [-0.25, -0.2) is 4.79 Å². The highest BCUT2D eigenvalue weighted by atomic mass is 16.5. The number of methoxy groups -OCH3 is 1. The summed E-state index contributed by atoms with van der Waals surface area (Å²) in [5.74, 6) is -0.378. The van der Waals surface area contributed by atoms with Gasteiger partial charge in [-0.2, -0.15) is 0 Å². The van der Waals surface area contributed by atoms with Crippen molar-refractivity contribution >= 4 is 23.3 Å². The molecule has 1 aliphatic heterocycles. The van der Waals surface area contributed by atoms with Gasteiger partial charge in [-0.3, -0.25) is 4.79 Å². The number of aryl methyl sites for hydroxylation is 1. The third kappa shape index (κ3) is 3.36. The fourth-order valence-electron chi connectivity index (χ4n) is 3.26. The molecule has 2 aromatic rings. The zero-order valence-electron chi connectivity index (χ0n) is 14.7. The second kappa shape index (κ2) is 6.97. The first-order valence-electron chi connectivity index (χ1n) is 8.34. The number of rotatable bonds is 4. The Bertz CT molecular complexity index is 816. The lowest BCUT2D eigenvalue weighted by Gasteiger charge is -2.23. The highest BCUT2D eigenvalue weighted by Crippen LogP contribution is 2.31. The van der Waals surface area contributed by atoms with Gasteiger partial charge in [0.15, 0.2) is 0 Å². The van der Waals surface area contributed by atoms with Crippen molar-refractivity contribution in [2.45, 2.75) is 26.3 Å². The standard InChI is InChI=1S/C20H22N2O3/c1-13-8-9-16(20(24)25-3)11-17(13)21-12-19(23)22-14(2)10-15-6-4-5-7-18(15)22/h4-9,11,14,21H,10,12H2,1-3H3/t14-/m1/s1. The molecule has 0 aromatic heterocycles. The Morgan fingerprint density at radius 3 is 2.76 bits per heavy atom. The predicted molar refractivity (Wildman–Crippen MR) is 98.1 cm³/mol. The number of anilines is 2. The Labute approximate surface area is 147 Å². The van der Waals surface area contributed by atoms with Crippen LogP contribution in [0.3, 0.4) is 0 Å². The number of para-hydroxylation sites is 1. The monoisotopic (exact) mass is 338 g/mol. The number of esters is 1. The van der Waals surface area contributed by atoms with E-state index < -0.39 is 5.97 Å². The first kappa shape index (κ1) is 17.0. The summed E-state index contributed by atoms with van der Waals surface area (Å²) >= 11 is 0. The van der Waals surface area contributed by atoms with E-state index in [0.717, 1.165) is 23.4 Å². The van der Waals surface area contributed by atoms with Crippen LogP contribution in [0.2, 0.25) is 0 Å². The van der Waals surface area contributed by atoms with E-state index in [-0.39, 0.29) is 18.5 Å². The molecule has 1 aliphatic rings. The highest BCUT2D eigenvalue weighted by molar-refractivity contribution is 5.99. The summed E-state index contributed by atoms with van der Waals surface area (Å²) in [5, 5.41) is 3.16. The molecule has 1 amide bonds. The lowest BCUT2D eigenvalue weighted by molar-refractivity contribution is -0.117. The summed E-state index contributed by atoms with van der Waals surface area (Å²) in [6.45, 7) is 4.16. The molecule has 1 N–H and O–H groups in total. The van der Waals surface area contributed by atoms with Gasteiger partial charge in [-0.05, 0) is 49.6 Å². The van der Waals surface area contributed by atoms with Gasteiger partial charge < -0.3 is 15.0 Å². The van der Waals surface area contributed by atoms with Gasteiger partial charge >= 0.3 is 5.97 Å². The average Bonchev–Trinajstić information content (AvgIpc) is 2.95. The number of amides is 1. The normalized spacial score (nSPS) is 15.6. The minimum Gasteiger partial charge on any atom is -0.465 e. The van der Waals surface area contributed by atoms with E-state index in [1.807, 2.05) is 36.1 Å². The lowest BCUT2D eigenvalue weighted by Crippen LogP contribution is -2.39. The molecule has 0 radical (unpaired) electrons. The molecule has 3 rings (SSSR count).